The fourth-order valence-corrected chi connectivity index (χ4v) is 2.41. The molecule has 0 fully saturated rings. The number of nitrogens with two attached hydrogens (primary N) is 1. The second-order valence-electron chi connectivity index (χ2n) is 4.91. The van der Waals surface area contributed by atoms with E-state index < -0.39 is 11.9 Å². The molecule has 0 amide bonds. The van der Waals surface area contributed by atoms with E-state index in [1.54, 1.807) is 19.1 Å². The van der Waals surface area contributed by atoms with Crippen LogP contribution in [-0.2, 0) is 4.74 Å². The van der Waals surface area contributed by atoms with Crippen molar-refractivity contribution in [1.82, 2.24) is 9.78 Å². The van der Waals surface area contributed by atoms with E-state index >= 15 is 0 Å². The molecule has 0 aliphatic heterocycles. The van der Waals surface area contributed by atoms with E-state index in [-0.39, 0.29) is 18.0 Å². The molecule has 116 valence electrons. The van der Waals surface area contributed by atoms with E-state index in [0.29, 0.717) is 5.56 Å². The van der Waals surface area contributed by atoms with Gasteiger partial charge in [0.15, 0.2) is 0 Å². The van der Waals surface area contributed by atoms with E-state index in [9.17, 15) is 9.59 Å². The first-order chi connectivity index (χ1) is 11.1. The number of esters is 1. The molecule has 1 heterocycles. The number of rotatable bonds is 3. The molecule has 0 atom stereocenters. The zero-order valence-electron chi connectivity index (χ0n) is 12.5. The topological polar surface area (TPSA) is 87.2 Å². The quantitative estimate of drug-likeness (QED) is 0.751. The van der Waals surface area contributed by atoms with Crippen molar-refractivity contribution < 1.29 is 14.3 Å². The van der Waals surface area contributed by atoms with Crippen molar-refractivity contribution in [2.45, 2.75) is 6.92 Å². The lowest BCUT2D eigenvalue weighted by molar-refractivity contribution is 0.0527. The van der Waals surface area contributed by atoms with Crippen LogP contribution >= 0.6 is 0 Å². The van der Waals surface area contributed by atoms with Crippen molar-refractivity contribution in [3.63, 3.8) is 0 Å². The van der Waals surface area contributed by atoms with Crippen molar-refractivity contribution in [3.8, 4) is 0 Å². The number of aromatic nitrogens is 2. The van der Waals surface area contributed by atoms with Crippen LogP contribution in [0, 0.1) is 0 Å². The number of carbonyl (C=O) groups excluding carboxylic acids is 2. The first kappa shape index (κ1) is 14.8. The minimum absolute atomic E-state index is 0.0265. The van der Waals surface area contributed by atoms with Gasteiger partial charge in [-0.3, -0.25) is 4.79 Å². The predicted octanol–water partition coefficient (Wildman–Crippen LogP) is 2.48. The molecule has 1 aromatic heterocycles. The molecule has 0 radical (unpaired) electrons. The van der Waals surface area contributed by atoms with Crippen LogP contribution in [0.3, 0.4) is 0 Å². The summed E-state index contributed by atoms with van der Waals surface area (Å²) in [6, 6.07) is 12.9. The molecule has 6 nitrogen and oxygen atoms in total. The smallest absolute Gasteiger partial charge is 0.343 e. The van der Waals surface area contributed by atoms with Gasteiger partial charge in [-0.2, -0.15) is 9.78 Å². The van der Waals surface area contributed by atoms with Crippen LogP contribution in [0.25, 0.3) is 10.8 Å². The fourth-order valence-electron chi connectivity index (χ4n) is 2.41. The zero-order valence-corrected chi connectivity index (χ0v) is 12.5. The number of nitrogen functional groups attached to an aromatic ring is 1. The number of fused-ring (bicyclic) bond motifs is 1. The van der Waals surface area contributed by atoms with Crippen molar-refractivity contribution in [3.05, 3.63) is 59.8 Å². The summed E-state index contributed by atoms with van der Waals surface area (Å²) in [5.74, 6) is -1.02. The SMILES string of the molecule is CCOC(=O)c1cnn(C(=O)c2cccc3ccccc23)c1N. The summed E-state index contributed by atoms with van der Waals surface area (Å²) in [5, 5.41) is 5.68. The number of nitrogens with zero attached hydrogens (tertiary/aromatic N) is 2. The van der Waals surface area contributed by atoms with Crippen LogP contribution in [0.4, 0.5) is 5.82 Å². The number of carbonyl (C=O) groups is 2. The summed E-state index contributed by atoms with van der Waals surface area (Å²) < 4.78 is 5.92. The van der Waals surface area contributed by atoms with E-state index in [4.69, 9.17) is 10.5 Å². The number of ether oxygens (including phenoxy) is 1. The molecule has 0 spiro atoms. The van der Waals surface area contributed by atoms with Gasteiger partial charge in [-0.05, 0) is 23.8 Å². The second-order valence-corrected chi connectivity index (χ2v) is 4.91. The maximum atomic E-state index is 12.7. The van der Waals surface area contributed by atoms with Crippen LogP contribution in [0.15, 0.2) is 48.7 Å². The molecule has 6 heteroatoms. The highest BCUT2D eigenvalue weighted by Crippen LogP contribution is 2.21. The van der Waals surface area contributed by atoms with Gasteiger partial charge in [0.05, 0.1) is 12.8 Å². The third-order valence-corrected chi connectivity index (χ3v) is 3.51. The Morgan fingerprint density at radius 1 is 1.13 bits per heavy atom. The largest absolute Gasteiger partial charge is 0.462 e. The van der Waals surface area contributed by atoms with Gasteiger partial charge in [0.1, 0.15) is 11.4 Å². The molecule has 3 rings (SSSR count). The predicted molar refractivity (Wildman–Crippen MR) is 86.3 cm³/mol. The molecular weight excluding hydrogens is 294 g/mol. The Bertz CT molecular complexity index is 894. The summed E-state index contributed by atoms with van der Waals surface area (Å²) in [6.07, 6.45) is 1.25. The van der Waals surface area contributed by atoms with Crippen molar-refractivity contribution >= 4 is 28.5 Å². The lowest BCUT2D eigenvalue weighted by Crippen LogP contribution is -2.17. The Morgan fingerprint density at radius 2 is 1.87 bits per heavy atom. The molecule has 0 saturated heterocycles. The van der Waals surface area contributed by atoms with Gasteiger partial charge < -0.3 is 10.5 Å². The van der Waals surface area contributed by atoms with Gasteiger partial charge in [-0.1, -0.05) is 36.4 Å². The summed E-state index contributed by atoms with van der Waals surface area (Å²) >= 11 is 0. The number of hydrogen-bond acceptors (Lipinski definition) is 5. The lowest BCUT2D eigenvalue weighted by atomic mass is 10.0. The third-order valence-electron chi connectivity index (χ3n) is 3.51. The standard InChI is InChI=1S/C17H15N3O3/c1-2-23-17(22)14-10-19-20(15(14)18)16(21)13-9-5-7-11-6-3-4-8-12(11)13/h3-10H,2,18H2,1H3. The summed E-state index contributed by atoms with van der Waals surface area (Å²) in [6.45, 7) is 1.92. The first-order valence-corrected chi connectivity index (χ1v) is 7.16. The maximum Gasteiger partial charge on any atom is 0.343 e. The van der Waals surface area contributed by atoms with Gasteiger partial charge in [0.25, 0.3) is 5.91 Å². The minimum atomic E-state index is -0.595. The normalized spacial score (nSPS) is 10.7. The molecular formula is C17H15N3O3. The third kappa shape index (κ3) is 2.55. The maximum absolute atomic E-state index is 12.7. The van der Waals surface area contributed by atoms with Crippen LogP contribution in [0.2, 0.25) is 0 Å². The summed E-state index contributed by atoms with van der Waals surface area (Å²) in [7, 11) is 0. The lowest BCUT2D eigenvalue weighted by Gasteiger charge is -2.07. The zero-order chi connectivity index (χ0) is 16.4. The van der Waals surface area contributed by atoms with Gasteiger partial charge in [0, 0.05) is 5.56 Å². The van der Waals surface area contributed by atoms with Gasteiger partial charge in [-0.15, -0.1) is 0 Å². The van der Waals surface area contributed by atoms with Gasteiger partial charge in [0.2, 0.25) is 0 Å². The molecule has 23 heavy (non-hydrogen) atoms. The highest BCUT2D eigenvalue weighted by molar-refractivity contribution is 6.09. The average molecular weight is 309 g/mol. The van der Waals surface area contributed by atoms with Crippen molar-refractivity contribution in [1.29, 1.82) is 0 Å². The second kappa shape index (κ2) is 5.92. The van der Waals surface area contributed by atoms with Crippen molar-refractivity contribution in [2.24, 2.45) is 0 Å². The molecule has 0 saturated carbocycles. The highest BCUT2D eigenvalue weighted by Gasteiger charge is 2.21. The van der Waals surface area contributed by atoms with Gasteiger partial charge in [-0.25, -0.2) is 4.79 Å². The Morgan fingerprint density at radius 3 is 2.65 bits per heavy atom. The molecule has 0 aliphatic rings. The molecule has 0 bridgehead atoms. The molecule has 2 N–H and O–H groups in total. The average Bonchev–Trinajstić information content (AvgIpc) is 2.95. The fraction of sp³-hybridized carbons (Fsp3) is 0.118. The molecule has 2 aromatic carbocycles. The van der Waals surface area contributed by atoms with Crippen LogP contribution in [0.1, 0.15) is 27.6 Å². The Hall–Kier alpha value is -3.15. The van der Waals surface area contributed by atoms with E-state index in [0.717, 1.165) is 15.5 Å². The number of hydrogen-bond donors (Lipinski definition) is 1. The van der Waals surface area contributed by atoms with E-state index in [1.807, 2.05) is 30.3 Å². The van der Waals surface area contributed by atoms with Crippen molar-refractivity contribution in [2.75, 3.05) is 12.3 Å². The Kier molecular flexibility index (Phi) is 3.80. The van der Waals surface area contributed by atoms with Crippen LogP contribution in [0.5, 0.6) is 0 Å². The Labute approximate surface area is 132 Å². The van der Waals surface area contributed by atoms with E-state index in [2.05, 4.69) is 5.10 Å². The molecule has 3 aromatic rings. The minimum Gasteiger partial charge on any atom is -0.462 e. The Balaban J connectivity index is 2.05. The monoisotopic (exact) mass is 309 g/mol. The van der Waals surface area contributed by atoms with Crippen LogP contribution < -0.4 is 5.73 Å². The summed E-state index contributed by atoms with van der Waals surface area (Å²) in [4.78, 5) is 24.5. The first-order valence-electron chi connectivity index (χ1n) is 7.16. The van der Waals surface area contributed by atoms with Crippen LogP contribution in [-0.4, -0.2) is 28.3 Å². The molecule has 0 unspecified atom stereocenters. The number of benzene rings is 2. The molecule has 0 aliphatic carbocycles. The summed E-state index contributed by atoms with van der Waals surface area (Å²) in [5.41, 5.74) is 6.45. The number of anilines is 1. The van der Waals surface area contributed by atoms with Gasteiger partial charge >= 0.3 is 5.97 Å². The van der Waals surface area contributed by atoms with E-state index in [1.165, 1.54) is 6.20 Å². The highest BCUT2D eigenvalue weighted by atomic mass is 16.5.